The minimum absolute atomic E-state index is 0.165. The van der Waals surface area contributed by atoms with E-state index in [2.05, 4.69) is 62.3 Å². The fourth-order valence-corrected chi connectivity index (χ4v) is 5.41. The van der Waals surface area contributed by atoms with Crippen molar-refractivity contribution in [3.8, 4) is 0 Å². The van der Waals surface area contributed by atoms with E-state index in [1.807, 2.05) is 13.0 Å². The Morgan fingerprint density at radius 3 is 2.71 bits per heavy atom. The molecule has 2 aliphatic carbocycles. The number of unbranched alkanes of at least 4 members (excludes halogenated alkanes) is 2. The normalized spacial score (nSPS) is 27.6. The molecular formula is C28H43NO2. The van der Waals surface area contributed by atoms with Gasteiger partial charge in [0, 0.05) is 5.92 Å². The van der Waals surface area contributed by atoms with Gasteiger partial charge in [-0.15, -0.1) is 0 Å². The maximum Gasteiger partial charge on any atom is 0.0802 e. The van der Waals surface area contributed by atoms with Crippen LogP contribution in [0.25, 0.3) is 0 Å². The highest BCUT2D eigenvalue weighted by Crippen LogP contribution is 2.48. The molecule has 0 aliphatic heterocycles. The molecule has 0 bridgehead atoms. The lowest BCUT2D eigenvalue weighted by Crippen LogP contribution is -2.24. The topological polar surface area (TPSA) is 43.7 Å². The molecular weight excluding hydrogens is 382 g/mol. The molecule has 2 aliphatic rings. The molecule has 0 amide bonds. The van der Waals surface area contributed by atoms with Crippen LogP contribution in [0.3, 0.4) is 0 Å². The first-order chi connectivity index (χ1) is 14.7. The van der Waals surface area contributed by atoms with Gasteiger partial charge in [0.2, 0.25) is 0 Å². The van der Waals surface area contributed by atoms with Gasteiger partial charge in [-0.3, -0.25) is 0 Å². The Morgan fingerprint density at radius 1 is 1.16 bits per heavy atom. The fourth-order valence-electron chi connectivity index (χ4n) is 5.41. The van der Waals surface area contributed by atoms with Crippen LogP contribution < -0.4 is 0 Å². The summed E-state index contributed by atoms with van der Waals surface area (Å²) in [4.78, 5) is 2.26. The molecule has 0 aromatic heterocycles. The standard InChI is InChI=1S/C28H43NO2/c1-21-9-8-11-22(17-21)12-14-28(2,31)15-13-25-26-19-23(18-24(26)20-27(25)30)10-6-5-7-16-29(3)4/h8-9,11,13,15,17-18,24-27,30-31H,5-7,10,12,14,16,19-20H2,1-4H3/b15-13+/t24-,25+,26-,27+,28-/m0/s1. The highest BCUT2D eigenvalue weighted by atomic mass is 16.3. The van der Waals surface area contributed by atoms with Crippen molar-refractivity contribution in [2.45, 2.75) is 76.9 Å². The molecule has 3 heteroatoms. The third-order valence-electron chi connectivity index (χ3n) is 7.23. The third-order valence-corrected chi connectivity index (χ3v) is 7.23. The van der Waals surface area contributed by atoms with E-state index in [9.17, 15) is 10.2 Å². The van der Waals surface area contributed by atoms with Gasteiger partial charge in [-0.1, -0.05) is 60.1 Å². The predicted molar refractivity (Wildman–Crippen MR) is 130 cm³/mol. The number of aliphatic hydroxyl groups is 2. The van der Waals surface area contributed by atoms with Crippen LogP contribution in [0.1, 0.15) is 63.0 Å². The van der Waals surface area contributed by atoms with Gasteiger partial charge in [0.1, 0.15) is 0 Å². The second-order valence-electron chi connectivity index (χ2n) is 10.6. The van der Waals surface area contributed by atoms with Crippen LogP contribution in [0.15, 0.2) is 48.1 Å². The summed E-state index contributed by atoms with van der Waals surface area (Å²) in [6.07, 6.45) is 14.9. The first-order valence-corrected chi connectivity index (χ1v) is 12.2. The Labute approximate surface area is 189 Å². The lowest BCUT2D eigenvalue weighted by molar-refractivity contribution is 0.0989. The number of fused-ring (bicyclic) bond motifs is 1. The monoisotopic (exact) mass is 425 g/mol. The van der Waals surface area contributed by atoms with Crippen molar-refractivity contribution in [2.75, 3.05) is 20.6 Å². The van der Waals surface area contributed by atoms with Gasteiger partial charge in [-0.25, -0.2) is 0 Å². The summed E-state index contributed by atoms with van der Waals surface area (Å²) in [5.74, 6) is 1.19. The summed E-state index contributed by atoms with van der Waals surface area (Å²) in [5, 5.41) is 21.6. The molecule has 0 spiro atoms. The Balaban J connectivity index is 1.48. The molecule has 3 nitrogen and oxygen atoms in total. The van der Waals surface area contributed by atoms with Crippen LogP contribution in [0.4, 0.5) is 0 Å². The Morgan fingerprint density at radius 2 is 1.97 bits per heavy atom. The molecule has 5 atom stereocenters. The number of nitrogens with zero attached hydrogens (tertiary/aromatic N) is 1. The molecule has 1 saturated carbocycles. The smallest absolute Gasteiger partial charge is 0.0802 e. The second kappa shape index (κ2) is 10.9. The van der Waals surface area contributed by atoms with E-state index in [1.165, 1.54) is 43.4 Å². The van der Waals surface area contributed by atoms with E-state index in [1.54, 1.807) is 5.57 Å². The molecule has 1 aromatic carbocycles. The van der Waals surface area contributed by atoms with Crippen LogP contribution in [-0.4, -0.2) is 47.5 Å². The third kappa shape index (κ3) is 7.30. The van der Waals surface area contributed by atoms with E-state index in [0.29, 0.717) is 18.3 Å². The van der Waals surface area contributed by atoms with Gasteiger partial charge in [-0.05, 0) is 96.8 Å². The lowest BCUT2D eigenvalue weighted by atomic mass is 9.87. The summed E-state index contributed by atoms with van der Waals surface area (Å²) >= 11 is 0. The maximum atomic E-state index is 10.9. The summed E-state index contributed by atoms with van der Waals surface area (Å²) in [7, 11) is 4.28. The van der Waals surface area contributed by atoms with Gasteiger partial charge in [0.15, 0.2) is 0 Å². The first-order valence-electron chi connectivity index (χ1n) is 12.2. The van der Waals surface area contributed by atoms with Crippen LogP contribution in [-0.2, 0) is 6.42 Å². The summed E-state index contributed by atoms with van der Waals surface area (Å²) in [6, 6.07) is 8.51. The number of rotatable bonds is 11. The first kappa shape index (κ1) is 24.2. The number of aryl methyl sites for hydroxylation is 2. The maximum absolute atomic E-state index is 10.9. The van der Waals surface area contributed by atoms with E-state index in [-0.39, 0.29) is 12.0 Å². The van der Waals surface area contributed by atoms with Crippen LogP contribution in [0.2, 0.25) is 0 Å². The molecule has 1 aromatic rings. The molecule has 3 rings (SSSR count). The molecule has 0 saturated heterocycles. The Kier molecular flexibility index (Phi) is 8.55. The van der Waals surface area contributed by atoms with Crippen LogP contribution in [0.5, 0.6) is 0 Å². The highest BCUT2D eigenvalue weighted by Gasteiger charge is 2.43. The minimum atomic E-state index is -0.844. The zero-order valence-electron chi connectivity index (χ0n) is 20.1. The SMILES string of the molecule is Cc1cccc(CC[C@](C)(O)/C=C/[C@@H]2[C@H]3CC(CCCCCN(C)C)=C[C@H]3C[C@H]2O)c1. The van der Waals surface area contributed by atoms with Crippen LogP contribution in [0, 0.1) is 24.7 Å². The largest absolute Gasteiger partial charge is 0.392 e. The summed E-state index contributed by atoms with van der Waals surface area (Å²) in [6.45, 7) is 5.17. The molecule has 0 radical (unpaired) electrons. The van der Waals surface area contributed by atoms with Crippen molar-refractivity contribution in [1.82, 2.24) is 4.90 Å². The predicted octanol–water partition coefficient (Wildman–Crippen LogP) is 5.30. The molecule has 0 unspecified atom stereocenters. The second-order valence-corrected chi connectivity index (χ2v) is 10.6. The van der Waals surface area contributed by atoms with Gasteiger partial charge >= 0.3 is 0 Å². The Hall–Kier alpha value is -1.42. The van der Waals surface area contributed by atoms with Gasteiger partial charge in [-0.2, -0.15) is 0 Å². The van der Waals surface area contributed by atoms with Gasteiger partial charge < -0.3 is 15.1 Å². The number of benzene rings is 1. The summed E-state index contributed by atoms with van der Waals surface area (Å²) < 4.78 is 0. The van der Waals surface area contributed by atoms with Crippen molar-refractivity contribution >= 4 is 0 Å². The fraction of sp³-hybridized carbons (Fsp3) is 0.643. The minimum Gasteiger partial charge on any atom is -0.392 e. The average Bonchev–Trinajstić information content (AvgIpc) is 3.21. The van der Waals surface area contributed by atoms with Crippen molar-refractivity contribution in [3.05, 3.63) is 59.2 Å². The number of hydrogen-bond donors (Lipinski definition) is 2. The zero-order valence-corrected chi connectivity index (χ0v) is 20.1. The van der Waals surface area contributed by atoms with E-state index < -0.39 is 5.60 Å². The van der Waals surface area contributed by atoms with Gasteiger partial charge in [0.05, 0.1) is 11.7 Å². The van der Waals surface area contributed by atoms with E-state index >= 15 is 0 Å². The van der Waals surface area contributed by atoms with Gasteiger partial charge in [0.25, 0.3) is 0 Å². The van der Waals surface area contributed by atoms with E-state index in [4.69, 9.17) is 0 Å². The number of hydrogen-bond acceptors (Lipinski definition) is 3. The molecule has 2 N–H and O–H groups in total. The highest BCUT2D eigenvalue weighted by molar-refractivity contribution is 5.24. The van der Waals surface area contributed by atoms with Crippen molar-refractivity contribution < 1.29 is 10.2 Å². The number of allylic oxidation sites excluding steroid dienone is 2. The van der Waals surface area contributed by atoms with Crippen molar-refractivity contribution in [2.24, 2.45) is 17.8 Å². The Bertz CT molecular complexity index is 764. The summed E-state index contributed by atoms with van der Waals surface area (Å²) in [5.41, 5.74) is 3.28. The van der Waals surface area contributed by atoms with Crippen LogP contribution >= 0.6 is 0 Å². The lowest BCUT2D eigenvalue weighted by Gasteiger charge is -2.23. The van der Waals surface area contributed by atoms with E-state index in [0.717, 1.165) is 19.3 Å². The van der Waals surface area contributed by atoms with Crippen molar-refractivity contribution in [3.63, 3.8) is 0 Å². The molecule has 1 fully saturated rings. The molecule has 172 valence electrons. The number of aliphatic hydroxyl groups excluding tert-OH is 1. The average molecular weight is 426 g/mol. The molecule has 31 heavy (non-hydrogen) atoms. The molecule has 0 heterocycles. The van der Waals surface area contributed by atoms with Crippen molar-refractivity contribution in [1.29, 1.82) is 0 Å². The zero-order chi connectivity index (χ0) is 22.4. The quantitative estimate of drug-likeness (QED) is 0.373.